The van der Waals surface area contributed by atoms with Crippen LogP contribution in [0.4, 0.5) is 0 Å². The number of benzene rings is 1. The minimum absolute atomic E-state index is 0.171. The summed E-state index contributed by atoms with van der Waals surface area (Å²) in [4.78, 5) is 0. The van der Waals surface area contributed by atoms with Crippen LogP contribution in [0.25, 0.3) is 0 Å². The molecule has 1 heterocycles. The molecule has 1 aromatic heterocycles. The van der Waals surface area contributed by atoms with Crippen LogP contribution in [0.15, 0.2) is 40.8 Å². The molecule has 0 saturated carbocycles. The lowest BCUT2D eigenvalue weighted by molar-refractivity contribution is 0.283. The Morgan fingerprint density at radius 2 is 1.90 bits per heavy atom. The van der Waals surface area contributed by atoms with Crippen LogP contribution in [0.3, 0.4) is 0 Å². The zero-order chi connectivity index (χ0) is 14.4. The summed E-state index contributed by atoms with van der Waals surface area (Å²) in [6.07, 6.45) is 0. The Kier molecular flexibility index (Phi) is 5.07. The van der Waals surface area contributed by atoms with Crippen molar-refractivity contribution < 1.29 is 13.9 Å². The van der Waals surface area contributed by atoms with Gasteiger partial charge in [-0.2, -0.15) is 0 Å². The van der Waals surface area contributed by atoms with Gasteiger partial charge in [0.25, 0.3) is 0 Å². The summed E-state index contributed by atoms with van der Waals surface area (Å²) in [5, 5.41) is 3.36. The zero-order valence-corrected chi connectivity index (χ0v) is 12.2. The first-order chi connectivity index (χ1) is 9.70. The maximum Gasteiger partial charge on any atom is 0.161 e. The second-order valence-corrected chi connectivity index (χ2v) is 4.62. The number of methoxy groups -OCH3 is 1. The Morgan fingerprint density at radius 3 is 2.55 bits per heavy atom. The first-order valence-corrected chi connectivity index (χ1v) is 6.76. The summed E-state index contributed by atoms with van der Waals surface area (Å²) in [5.41, 5.74) is 0. The number of para-hydroxylation sites is 2. The maximum absolute atomic E-state index is 5.70. The molecule has 4 nitrogen and oxygen atoms in total. The molecule has 2 rings (SSSR count). The third kappa shape index (κ3) is 3.78. The molecular formula is C16H21NO3. The van der Waals surface area contributed by atoms with Gasteiger partial charge in [-0.15, -0.1) is 0 Å². The smallest absolute Gasteiger partial charge is 0.161 e. The monoisotopic (exact) mass is 275 g/mol. The third-order valence-electron chi connectivity index (χ3n) is 3.07. The third-order valence-corrected chi connectivity index (χ3v) is 3.07. The maximum atomic E-state index is 5.70. The second-order valence-electron chi connectivity index (χ2n) is 4.62. The molecule has 1 N–H and O–H groups in total. The molecular weight excluding hydrogens is 254 g/mol. The van der Waals surface area contributed by atoms with Gasteiger partial charge in [-0.1, -0.05) is 12.1 Å². The van der Waals surface area contributed by atoms with Crippen LogP contribution in [0.1, 0.15) is 24.5 Å². The van der Waals surface area contributed by atoms with Gasteiger partial charge >= 0.3 is 0 Å². The van der Waals surface area contributed by atoms with Gasteiger partial charge in [-0.05, 0) is 38.1 Å². The van der Waals surface area contributed by atoms with Crippen LogP contribution in [-0.4, -0.2) is 20.3 Å². The van der Waals surface area contributed by atoms with Gasteiger partial charge in [0, 0.05) is 6.54 Å². The minimum Gasteiger partial charge on any atom is -0.493 e. The molecule has 1 unspecified atom stereocenters. The Morgan fingerprint density at radius 1 is 1.15 bits per heavy atom. The largest absolute Gasteiger partial charge is 0.493 e. The summed E-state index contributed by atoms with van der Waals surface area (Å²) >= 11 is 0. The average Bonchev–Trinajstić information content (AvgIpc) is 2.90. The van der Waals surface area contributed by atoms with Crippen molar-refractivity contribution in [3.63, 3.8) is 0 Å². The van der Waals surface area contributed by atoms with Gasteiger partial charge in [-0.3, -0.25) is 0 Å². The molecule has 0 aliphatic rings. The Labute approximate surface area is 119 Å². The van der Waals surface area contributed by atoms with Gasteiger partial charge in [0.2, 0.25) is 0 Å². The Balaban J connectivity index is 1.76. The molecule has 0 bridgehead atoms. The highest BCUT2D eigenvalue weighted by Crippen LogP contribution is 2.25. The number of aryl methyl sites for hydroxylation is 1. The lowest BCUT2D eigenvalue weighted by Gasteiger charge is -2.13. The van der Waals surface area contributed by atoms with Crippen molar-refractivity contribution in [3.05, 3.63) is 47.9 Å². The van der Waals surface area contributed by atoms with Crippen LogP contribution < -0.4 is 14.8 Å². The fourth-order valence-corrected chi connectivity index (χ4v) is 1.96. The first-order valence-electron chi connectivity index (χ1n) is 6.76. The van der Waals surface area contributed by atoms with E-state index in [9.17, 15) is 0 Å². The van der Waals surface area contributed by atoms with E-state index in [1.54, 1.807) is 7.11 Å². The minimum atomic E-state index is 0.171. The lowest BCUT2D eigenvalue weighted by Crippen LogP contribution is -2.24. The molecule has 1 aromatic carbocycles. The summed E-state index contributed by atoms with van der Waals surface area (Å²) in [6, 6.07) is 11.8. The topological polar surface area (TPSA) is 43.6 Å². The van der Waals surface area contributed by atoms with Gasteiger partial charge in [0.1, 0.15) is 18.1 Å². The van der Waals surface area contributed by atoms with E-state index < -0.39 is 0 Å². The number of nitrogens with one attached hydrogen (secondary N) is 1. The quantitative estimate of drug-likeness (QED) is 0.787. The van der Waals surface area contributed by atoms with Crippen LogP contribution in [0.5, 0.6) is 11.5 Å². The van der Waals surface area contributed by atoms with Gasteiger partial charge in [0.05, 0.1) is 13.2 Å². The summed E-state index contributed by atoms with van der Waals surface area (Å²) in [6.45, 7) is 5.33. The molecule has 0 amide bonds. The molecule has 108 valence electrons. The molecule has 0 aliphatic heterocycles. The molecule has 0 spiro atoms. The Hall–Kier alpha value is -1.94. The van der Waals surface area contributed by atoms with Gasteiger partial charge in [-0.25, -0.2) is 0 Å². The predicted molar refractivity (Wildman–Crippen MR) is 78.4 cm³/mol. The predicted octanol–water partition coefficient (Wildman–Crippen LogP) is 3.33. The van der Waals surface area contributed by atoms with Crippen molar-refractivity contribution in [2.75, 3.05) is 20.3 Å². The molecule has 2 aromatic rings. The van der Waals surface area contributed by atoms with Crippen molar-refractivity contribution in [3.8, 4) is 11.5 Å². The van der Waals surface area contributed by atoms with Gasteiger partial charge in [0.15, 0.2) is 11.5 Å². The SMILES string of the molecule is COc1ccccc1OCCNC(C)c1ccc(C)o1. The van der Waals surface area contributed by atoms with Crippen molar-refractivity contribution in [2.24, 2.45) is 0 Å². The molecule has 0 aliphatic carbocycles. The number of hydrogen-bond acceptors (Lipinski definition) is 4. The van der Waals surface area contributed by atoms with Crippen molar-refractivity contribution >= 4 is 0 Å². The molecule has 0 saturated heterocycles. The molecule has 0 fully saturated rings. The van der Waals surface area contributed by atoms with E-state index in [-0.39, 0.29) is 6.04 Å². The fourth-order valence-electron chi connectivity index (χ4n) is 1.96. The van der Waals surface area contributed by atoms with E-state index in [1.165, 1.54) is 0 Å². The highest BCUT2D eigenvalue weighted by molar-refractivity contribution is 5.39. The van der Waals surface area contributed by atoms with E-state index in [4.69, 9.17) is 13.9 Å². The summed E-state index contributed by atoms with van der Waals surface area (Å²) in [5.74, 6) is 3.39. The van der Waals surface area contributed by atoms with Crippen molar-refractivity contribution in [1.82, 2.24) is 5.32 Å². The summed E-state index contributed by atoms with van der Waals surface area (Å²) < 4.78 is 16.5. The molecule has 4 heteroatoms. The zero-order valence-electron chi connectivity index (χ0n) is 12.2. The number of ether oxygens (including phenoxy) is 2. The number of hydrogen-bond donors (Lipinski definition) is 1. The second kappa shape index (κ2) is 7.01. The highest BCUT2D eigenvalue weighted by Gasteiger charge is 2.08. The number of rotatable bonds is 7. The van der Waals surface area contributed by atoms with Crippen LogP contribution in [-0.2, 0) is 0 Å². The van der Waals surface area contributed by atoms with Crippen molar-refractivity contribution in [1.29, 1.82) is 0 Å². The van der Waals surface area contributed by atoms with Gasteiger partial charge < -0.3 is 19.2 Å². The van der Waals surface area contributed by atoms with E-state index in [2.05, 4.69) is 12.2 Å². The van der Waals surface area contributed by atoms with E-state index in [0.717, 1.165) is 29.6 Å². The van der Waals surface area contributed by atoms with E-state index in [0.29, 0.717) is 6.61 Å². The average molecular weight is 275 g/mol. The van der Waals surface area contributed by atoms with E-state index in [1.807, 2.05) is 43.3 Å². The molecule has 0 radical (unpaired) electrons. The van der Waals surface area contributed by atoms with Crippen molar-refractivity contribution in [2.45, 2.75) is 19.9 Å². The van der Waals surface area contributed by atoms with Crippen LogP contribution >= 0.6 is 0 Å². The highest BCUT2D eigenvalue weighted by atomic mass is 16.5. The van der Waals surface area contributed by atoms with Crippen LogP contribution in [0.2, 0.25) is 0 Å². The summed E-state index contributed by atoms with van der Waals surface area (Å²) in [7, 11) is 1.64. The normalized spacial score (nSPS) is 12.2. The van der Waals surface area contributed by atoms with E-state index >= 15 is 0 Å². The Bertz CT molecular complexity index is 536. The lowest BCUT2D eigenvalue weighted by atomic mass is 10.2. The molecule has 20 heavy (non-hydrogen) atoms. The number of furan rings is 1. The van der Waals surface area contributed by atoms with Crippen LogP contribution in [0, 0.1) is 6.92 Å². The standard InChI is InChI=1S/C16H21NO3/c1-12-8-9-14(20-12)13(2)17-10-11-19-16-7-5-4-6-15(16)18-3/h4-9,13,17H,10-11H2,1-3H3. The first kappa shape index (κ1) is 14.5. The fraction of sp³-hybridized carbons (Fsp3) is 0.375. The molecule has 1 atom stereocenters.